The fourth-order valence-corrected chi connectivity index (χ4v) is 3.79. The van der Waals surface area contributed by atoms with Crippen LogP contribution in [0.4, 0.5) is 0 Å². The molecular weight excluding hydrogens is 304 g/mol. The summed E-state index contributed by atoms with van der Waals surface area (Å²) in [6.07, 6.45) is 6.40. The fraction of sp³-hybridized carbons (Fsp3) is 0.529. The number of carbonyl (C=O) groups is 1. The fourth-order valence-electron chi connectivity index (χ4n) is 3.79. The first-order valence-electron chi connectivity index (χ1n) is 8.68. The molecule has 0 spiro atoms. The van der Waals surface area contributed by atoms with Gasteiger partial charge in [-0.15, -0.1) is 5.10 Å². The summed E-state index contributed by atoms with van der Waals surface area (Å²) in [6, 6.07) is 8.03. The van der Waals surface area contributed by atoms with Crippen LogP contribution >= 0.6 is 0 Å². The van der Waals surface area contributed by atoms with Gasteiger partial charge in [-0.25, -0.2) is 4.68 Å². The minimum Gasteiger partial charge on any atom is -0.337 e. The van der Waals surface area contributed by atoms with Crippen molar-refractivity contribution in [3.05, 3.63) is 36.2 Å². The van der Waals surface area contributed by atoms with E-state index in [0.717, 1.165) is 25.2 Å². The molecule has 3 heterocycles. The van der Waals surface area contributed by atoms with Gasteiger partial charge < -0.3 is 4.90 Å². The SMILES string of the molecule is O=C(c1cccc(-n2cnnn2)c1)N1CCCC(N2CCCC2)C1. The second-order valence-electron chi connectivity index (χ2n) is 6.60. The zero-order valence-corrected chi connectivity index (χ0v) is 13.7. The van der Waals surface area contributed by atoms with Gasteiger partial charge in [0.15, 0.2) is 0 Å². The van der Waals surface area contributed by atoms with Crippen molar-refractivity contribution in [2.45, 2.75) is 31.7 Å². The summed E-state index contributed by atoms with van der Waals surface area (Å²) in [6.45, 7) is 4.05. The lowest BCUT2D eigenvalue weighted by atomic mass is 10.0. The van der Waals surface area contributed by atoms with Gasteiger partial charge in [0, 0.05) is 24.7 Å². The lowest BCUT2D eigenvalue weighted by Crippen LogP contribution is -2.49. The molecule has 2 aromatic rings. The first kappa shape index (κ1) is 15.3. The van der Waals surface area contributed by atoms with Crippen LogP contribution in [0, 0.1) is 0 Å². The lowest BCUT2D eigenvalue weighted by molar-refractivity contribution is 0.0608. The molecule has 1 amide bonds. The third-order valence-electron chi connectivity index (χ3n) is 5.05. The summed E-state index contributed by atoms with van der Waals surface area (Å²) in [7, 11) is 0. The Labute approximate surface area is 141 Å². The number of tetrazole rings is 1. The highest BCUT2D eigenvalue weighted by molar-refractivity contribution is 5.94. The molecule has 1 aromatic carbocycles. The van der Waals surface area contributed by atoms with Crippen LogP contribution < -0.4 is 0 Å². The number of carbonyl (C=O) groups excluding carboxylic acids is 1. The second kappa shape index (κ2) is 6.68. The molecule has 2 aliphatic rings. The van der Waals surface area contributed by atoms with Crippen LogP contribution in [0.2, 0.25) is 0 Å². The van der Waals surface area contributed by atoms with Crippen LogP contribution in [0.1, 0.15) is 36.0 Å². The molecule has 4 rings (SSSR count). The van der Waals surface area contributed by atoms with Gasteiger partial charge in [0.25, 0.3) is 5.91 Å². The van der Waals surface area contributed by atoms with Crippen molar-refractivity contribution < 1.29 is 4.79 Å². The Kier molecular flexibility index (Phi) is 4.25. The average molecular weight is 326 g/mol. The first-order valence-corrected chi connectivity index (χ1v) is 8.68. The van der Waals surface area contributed by atoms with Crippen LogP contribution in [0.25, 0.3) is 5.69 Å². The van der Waals surface area contributed by atoms with Crippen molar-refractivity contribution in [2.75, 3.05) is 26.2 Å². The molecule has 7 heteroatoms. The van der Waals surface area contributed by atoms with E-state index in [1.807, 2.05) is 29.2 Å². The number of likely N-dealkylation sites (tertiary alicyclic amines) is 2. The smallest absolute Gasteiger partial charge is 0.253 e. The van der Waals surface area contributed by atoms with Gasteiger partial charge >= 0.3 is 0 Å². The normalized spacial score (nSPS) is 22.0. The van der Waals surface area contributed by atoms with E-state index in [1.54, 1.807) is 4.68 Å². The van der Waals surface area contributed by atoms with Crippen LogP contribution in [0.5, 0.6) is 0 Å². The summed E-state index contributed by atoms with van der Waals surface area (Å²) < 4.78 is 1.57. The highest BCUT2D eigenvalue weighted by Crippen LogP contribution is 2.22. The van der Waals surface area contributed by atoms with Gasteiger partial charge in [-0.1, -0.05) is 6.07 Å². The molecule has 7 nitrogen and oxygen atoms in total. The summed E-state index contributed by atoms with van der Waals surface area (Å²) in [5, 5.41) is 11.2. The summed E-state index contributed by atoms with van der Waals surface area (Å²) in [5.41, 5.74) is 1.50. The molecule has 126 valence electrons. The van der Waals surface area contributed by atoms with Crippen molar-refractivity contribution in [1.29, 1.82) is 0 Å². The number of rotatable bonds is 3. The van der Waals surface area contributed by atoms with Crippen molar-refractivity contribution in [3.63, 3.8) is 0 Å². The van der Waals surface area contributed by atoms with E-state index in [-0.39, 0.29) is 5.91 Å². The van der Waals surface area contributed by atoms with Gasteiger partial charge in [-0.2, -0.15) is 0 Å². The van der Waals surface area contributed by atoms with Crippen LogP contribution in [0.3, 0.4) is 0 Å². The Bertz CT molecular complexity index is 695. The van der Waals surface area contributed by atoms with Crippen molar-refractivity contribution in [3.8, 4) is 5.69 Å². The number of hydrogen-bond donors (Lipinski definition) is 0. The molecule has 1 unspecified atom stereocenters. The largest absolute Gasteiger partial charge is 0.337 e. The Balaban J connectivity index is 1.49. The molecule has 0 saturated carbocycles. The monoisotopic (exact) mass is 326 g/mol. The number of piperidine rings is 1. The van der Waals surface area contributed by atoms with E-state index in [9.17, 15) is 4.79 Å². The highest BCUT2D eigenvalue weighted by atomic mass is 16.2. The maximum Gasteiger partial charge on any atom is 0.253 e. The molecule has 0 N–H and O–H groups in total. The molecule has 0 radical (unpaired) electrons. The van der Waals surface area contributed by atoms with Crippen LogP contribution in [0.15, 0.2) is 30.6 Å². The van der Waals surface area contributed by atoms with Crippen molar-refractivity contribution in [1.82, 2.24) is 30.0 Å². The summed E-state index contributed by atoms with van der Waals surface area (Å²) >= 11 is 0. The molecule has 2 saturated heterocycles. The average Bonchev–Trinajstić information content (AvgIpc) is 3.35. The number of aromatic nitrogens is 4. The number of benzene rings is 1. The van der Waals surface area contributed by atoms with Crippen LogP contribution in [-0.4, -0.2) is 68.1 Å². The quantitative estimate of drug-likeness (QED) is 0.852. The standard InChI is InChI=1S/C17H22N6O/c24-17(14-5-3-6-15(11-14)23-13-18-19-20-23)22-10-4-7-16(12-22)21-8-1-2-9-21/h3,5-6,11,13,16H,1-2,4,7-10,12H2. The summed E-state index contributed by atoms with van der Waals surface area (Å²) in [5.74, 6) is 0.105. The predicted octanol–water partition coefficient (Wildman–Crippen LogP) is 1.36. The van der Waals surface area contributed by atoms with E-state index in [1.165, 1.54) is 38.7 Å². The van der Waals surface area contributed by atoms with E-state index in [0.29, 0.717) is 11.6 Å². The number of amides is 1. The highest BCUT2D eigenvalue weighted by Gasteiger charge is 2.29. The molecule has 0 aliphatic carbocycles. The van der Waals surface area contributed by atoms with Crippen LogP contribution in [-0.2, 0) is 0 Å². The minimum absolute atomic E-state index is 0.105. The first-order chi connectivity index (χ1) is 11.8. The molecule has 2 fully saturated rings. The second-order valence-corrected chi connectivity index (χ2v) is 6.60. The Morgan fingerprint density at radius 1 is 1.12 bits per heavy atom. The van der Waals surface area contributed by atoms with E-state index < -0.39 is 0 Å². The molecule has 1 aromatic heterocycles. The van der Waals surface area contributed by atoms with E-state index in [2.05, 4.69) is 20.4 Å². The molecule has 24 heavy (non-hydrogen) atoms. The maximum absolute atomic E-state index is 12.9. The number of nitrogens with zero attached hydrogens (tertiary/aromatic N) is 6. The lowest BCUT2D eigenvalue weighted by Gasteiger charge is -2.37. The Hall–Kier alpha value is -2.28. The minimum atomic E-state index is 0.105. The van der Waals surface area contributed by atoms with Gasteiger partial charge in [0.2, 0.25) is 0 Å². The topological polar surface area (TPSA) is 67.2 Å². The van der Waals surface area contributed by atoms with Gasteiger partial charge in [0.1, 0.15) is 6.33 Å². The molecule has 1 atom stereocenters. The Morgan fingerprint density at radius 2 is 2.00 bits per heavy atom. The summed E-state index contributed by atoms with van der Waals surface area (Å²) in [4.78, 5) is 17.5. The van der Waals surface area contributed by atoms with E-state index in [4.69, 9.17) is 0 Å². The van der Waals surface area contributed by atoms with Gasteiger partial charge in [-0.3, -0.25) is 9.69 Å². The Morgan fingerprint density at radius 3 is 2.79 bits per heavy atom. The van der Waals surface area contributed by atoms with E-state index >= 15 is 0 Å². The zero-order valence-electron chi connectivity index (χ0n) is 13.7. The zero-order chi connectivity index (χ0) is 16.4. The predicted molar refractivity (Wildman–Crippen MR) is 88.9 cm³/mol. The molecular formula is C17H22N6O. The third kappa shape index (κ3) is 3.03. The molecule has 2 aliphatic heterocycles. The van der Waals surface area contributed by atoms with Crippen molar-refractivity contribution in [2.24, 2.45) is 0 Å². The van der Waals surface area contributed by atoms with Gasteiger partial charge in [-0.05, 0) is 67.4 Å². The maximum atomic E-state index is 12.9. The van der Waals surface area contributed by atoms with Crippen molar-refractivity contribution >= 4 is 5.91 Å². The number of hydrogen-bond acceptors (Lipinski definition) is 5. The third-order valence-corrected chi connectivity index (χ3v) is 5.05. The molecule has 0 bridgehead atoms. The van der Waals surface area contributed by atoms with Gasteiger partial charge in [0.05, 0.1) is 5.69 Å².